The van der Waals surface area contributed by atoms with Crippen molar-refractivity contribution in [3.8, 4) is 0 Å². The molecule has 0 spiro atoms. The molecule has 112 valence electrons. The summed E-state index contributed by atoms with van der Waals surface area (Å²) in [6, 6.07) is 0. The molecular formula is C13H23Cl2N2O2-. The second-order valence-electron chi connectivity index (χ2n) is 5.29. The molecule has 2 rings (SSSR count). The monoisotopic (exact) mass is 309 g/mol. The average molecular weight is 310 g/mol. The lowest BCUT2D eigenvalue weighted by atomic mass is 9.79. The molecule has 0 aromatic carbocycles. The molecule has 0 atom stereocenters. The van der Waals surface area contributed by atoms with Crippen molar-refractivity contribution >= 4 is 17.5 Å². The topological polar surface area (TPSA) is 41.6 Å². The van der Waals surface area contributed by atoms with Gasteiger partial charge >= 0.3 is 0 Å². The van der Waals surface area contributed by atoms with E-state index in [2.05, 4.69) is 10.2 Å². The van der Waals surface area contributed by atoms with E-state index in [1.165, 1.54) is 32.1 Å². The first-order chi connectivity index (χ1) is 8.77. The van der Waals surface area contributed by atoms with Crippen LogP contribution in [0.4, 0.5) is 0 Å². The summed E-state index contributed by atoms with van der Waals surface area (Å²) in [5.74, 6) is -0.00555. The zero-order valence-corrected chi connectivity index (χ0v) is 12.8. The van der Waals surface area contributed by atoms with Gasteiger partial charge in [-0.05, 0) is 12.8 Å². The van der Waals surface area contributed by atoms with Crippen LogP contribution in [0.25, 0.3) is 0 Å². The van der Waals surface area contributed by atoms with Gasteiger partial charge in [0, 0.05) is 25.2 Å². The van der Waals surface area contributed by atoms with Gasteiger partial charge in [0.2, 0.25) is 5.91 Å². The molecule has 2 fully saturated rings. The zero-order valence-electron chi connectivity index (χ0n) is 11.3. The fourth-order valence-electron chi connectivity index (χ4n) is 3.16. The molecule has 1 N–H and O–H groups in total. The molecule has 0 aromatic rings. The Kier molecular flexibility index (Phi) is 7.44. The predicted molar refractivity (Wildman–Crippen MR) is 71.9 cm³/mol. The second kappa shape index (κ2) is 8.30. The molecule has 19 heavy (non-hydrogen) atoms. The van der Waals surface area contributed by atoms with Crippen molar-refractivity contribution in [2.75, 3.05) is 38.7 Å². The highest BCUT2D eigenvalue weighted by Gasteiger charge is 2.38. The van der Waals surface area contributed by atoms with Crippen molar-refractivity contribution in [1.82, 2.24) is 10.2 Å². The zero-order chi connectivity index (χ0) is 12.8. The SMILES string of the molecule is O=C(CCl)NCC1(N2CCOCC2)CCCCC1.[Cl-]. The van der Waals surface area contributed by atoms with E-state index in [9.17, 15) is 4.79 Å². The molecule has 0 aromatic heterocycles. The summed E-state index contributed by atoms with van der Waals surface area (Å²) >= 11 is 5.56. The maximum atomic E-state index is 11.4. The Labute approximate surface area is 126 Å². The first-order valence-corrected chi connectivity index (χ1v) is 7.46. The van der Waals surface area contributed by atoms with Crippen molar-refractivity contribution in [3.63, 3.8) is 0 Å². The summed E-state index contributed by atoms with van der Waals surface area (Å²) < 4.78 is 5.43. The van der Waals surface area contributed by atoms with Crippen molar-refractivity contribution in [2.45, 2.75) is 37.6 Å². The number of ether oxygens (including phenoxy) is 1. The number of hydrogen-bond donors (Lipinski definition) is 1. The minimum atomic E-state index is -0.0603. The number of halogens is 2. The Bertz CT molecular complexity index is 278. The molecule has 4 nitrogen and oxygen atoms in total. The van der Waals surface area contributed by atoms with Crippen LogP contribution < -0.4 is 17.7 Å². The molecule has 1 aliphatic heterocycles. The summed E-state index contributed by atoms with van der Waals surface area (Å²) in [6.45, 7) is 4.32. The van der Waals surface area contributed by atoms with E-state index in [-0.39, 0.29) is 29.7 Å². The van der Waals surface area contributed by atoms with Gasteiger partial charge in [-0.2, -0.15) is 0 Å². The molecule has 1 saturated carbocycles. The molecule has 0 radical (unpaired) electrons. The van der Waals surface area contributed by atoms with E-state index in [4.69, 9.17) is 16.3 Å². The lowest BCUT2D eigenvalue weighted by Gasteiger charge is -2.48. The molecule has 0 unspecified atom stereocenters. The highest BCUT2D eigenvalue weighted by atomic mass is 35.5. The van der Waals surface area contributed by atoms with E-state index in [1.807, 2.05) is 0 Å². The van der Waals surface area contributed by atoms with Gasteiger partial charge in [0.1, 0.15) is 5.88 Å². The van der Waals surface area contributed by atoms with Crippen LogP contribution in [0.3, 0.4) is 0 Å². The third kappa shape index (κ3) is 4.48. The lowest BCUT2D eigenvalue weighted by molar-refractivity contribution is -0.120. The summed E-state index contributed by atoms with van der Waals surface area (Å²) in [5.41, 5.74) is 0.143. The standard InChI is InChI=1S/C13H23ClN2O2.ClH/c14-10-12(17)15-11-13(4-2-1-3-5-13)16-6-8-18-9-7-16;/h1-11H2,(H,15,17);1H/p-1. The Morgan fingerprint density at radius 2 is 1.84 bits per heavy atom. The van der Waals surface area contributed by atoms with E-state index in [1.54, 1.807) is 0 Å². The molecule has 6 heteroatoms. The van der Waals surface area contributed by atoms with Crippen LogP contribution in [0.1, 0.15) is 32.1 Å². The Morgan fingerprint density at radius 3 is 2.42 bits per heavy atom. The smallest absolute Gasteiger partial charge is 0.234 e. The number of rotatable bonds is 4. The Balaban J connectivity index is 0.00000180. The van der Waals surface area contributed by atoms with Crippen LogP contribution in [-0.2, 0) is 9.53 Å². The van der Waals surface area contributed by atoms with Gasteiger partial charge in [-0.3, -0.25) is 9.69 Å². The molecule has 1 amide bonds. The molecular weight excluding hydrogens is 287 g/mol. The number of amides is 1. The molecule has 0 bridgehead atoms. The van der Waals surface area contributed by atoms with Crippen molar-refractivity contribution in [1.29, 1.82) is 0 Å². The van der Waals surface area contributed by atoms with E-state index < -0.39 is 0 Å². The molecule has 1 heterocycles. The van der Waals surface area contributed by atoms with Gasteiger partial charge in [0.25, 0.3) is 0 Å². The minimum absolute atomic E-state index is 0. The second-order valence-corrected chi connectivity index (χ2v) is 5.56. The first-order valence-electron chi connectivity index (χ1n) is 6.92. The fourth-order valence-corrected chi connectivity index (χ4v) is 3.26. The number of nitrogens with zero attached hydrogens (tertiary/aromatic N) is 1. The fraction of sp³-hybridized carbons (Fsp3) is 0.923. The highest BCUT2D eigenvalue weighted by molar-refractivity contribution is 6.27. The predicted octanol–water partition coefficient (Wildman–Crippen LogP) is -1.62. The van der Waals surface area contributed by atoms with E-state index >= 15 is 0 Å². The van der Waals surface area contributed by atoms with Crippen LogP contribution in [0.5, 0.6) is 0 Å². The molecule has 1 saturated heterocycles. The number of alkyl halides is 1. The van der Waals surface area contributed by atoms with Gasteiger partial charge in [-0.15, -0.1) is 11.6 Å². The summed E-state index contributed by atoms with van der Waals surface area (Å²) in [6.07, 6.45) is 6.18. The summed E-state index contributed by atoms with van der Waals surface area (Å²) in [5, 5.41) is 2.99. The number of morpholine rings is 1. The normalized spacial score (nSPS) is 23.4. The van der Waals surface area contributed by atoms with Gasteiger partial charge in [0.15, 0.2) is 0 Å². The van der Waals surface area contributed by atoms with Crippen LogP contribution in [-0.4, -0.2) is 55.1 Å². The molecule has 1 aliphatic carbocycles. The van der Waals surface area contributed by atoms with Gasteiger partial charge in [0.05, 0.1) is 13.2 Å². The van der Waals surface area contributed by atoms with Gasteiger partial charge < -0.3 is 22.5 Å². The van der Waals surface area contributed by atoms with E-state index in [0.717, 1.165) is 32.8 Å². The quantitative estimate of drug-likeness (QED) is 0.635. The third-order valence-electron chi connectivity index (χ3n) is 4.20. The number of hydrogen-bond acceptors (Lipinski definition) is 3. The van der Waals surface area contributed by atoms with Crippen molar-refractivity contribution < 1.29 is 21.9 Å². The van der Waals surface area contributed by atoms with Crippen LogP contribution in [0.15, 0.2) is 0 Å². The van der Waals surface area contributed by atoms with Gasteiger partial charge in [-0.25, -0.2) is 0 Å². The Hall–Kier alpha value is -0.0300. The van der Waals surface area contributed by atoms with E-state index in [0.29, 0.717) is 0 Å². The average Bonchev–Trinajstić information content (AvgIpc) is 2.46. The minimum Gasteiger partial charge on any atom is -1.00 e. The number of carbonyl (C=O) groups is 1. The van der Waals surface area contributed by atoms with Crippen LogP contribution >= 0.6 is 11.6 Å². The maximum Gasteiger partial charge on any atom is 0.234 e. The maximum absolute atomic E-state index is 11.4. The van der Waals surface area contributed by atoms with Crippen molar-refractivity contribution in [3.05, 3.63) is 0 Å². The number of carbonyl (C=O) groups excluding carboxylic acids is 1. The number of nitrogens with one attached hydrogen (secondary N) is 1. The summed E-state index contributed by atoms with van der Waals surface area (Å²) in [4.78, 5) is 13.9. The van der Waals surface area contributed by atoms with Gasteiger partial charge in [-0.1, -0.05) is 19.3 Å². The van der Waals surface area contributed by atoms with Crippen molar-refractivity contribution in [2.24, 2.45) is 0 Å². The highest BCUT2D eigenvalue weighted by Crippen LogP contribution is 2.33. The third-order valence-corrected chi connectivity index (χ3v) is 4.44. The lowest BCUT2D eigenvalue weighted by Crippen LogP contribution is -3.00. The first kappa shape index (κ1) is 17.0. The summed E-state index contributed by atoms with van der Waals surface area (Å²) in [7, 11) is 0. The largest absolute Gasteiger partial charge is 1.00 e. The van der Waals surface area contributed by atoms with Crippen LogP contribution in [0, 0.1) is 0 Å². The van der Waals surface area contributed by atoms with Crippen LogP contribution in [0.2, 0.25) is 0 Å². The molecule has 2 aliphatic rings. The Morgan fingerprint density at radius 1 is 1.21 bits per heavy atom.